The van der Waals surface area contributed by atoms with E-state index in [4.69, 9.17) is 0 Å². The molecule has 0 fully saturated rings. The summed E-state index contributed by atoms with van der Waals surface area (Å²) in [4.78, 5) is 0. The van der Waals surface area contributed by atoms with Gasteiger partial charge in [-0.15, -0.1) is 6.08 Å². The minimum absolute atomic E-state index is 0.133. The Morgan fingerprint density at radius 3 is 2.60 bits per heavy atom. The molecule has 1 aliphatic rings. The number of allylic oxidation sites excluding steroid dienone is 2. The van der Waals surface area contributed by atoms with Gasteiger partial charge in [-0.05, 0) is 6.42 Å². The molecule has 0 saturated carbocycles. The summed E-state index contributed by atoms with van der Waals surface area (Å²) in [7, 11) is 0. The molecule has 0 radical (unpaired) electrons. The lowest BCUT2D eigenvalue weighted by atomic mass is 10.9. The van der Waals surface area contributed by atoms with Crippen LogP contribution in [0.15, 0.2) is 9.78 Å². The van der Waals surface area contributed by atoms with E-state index in [1.807, 2.05) is 0 Å². The molecule has 1 rings (SSSR count). The van der Waals surface area contributed by atoms with Crippen molar-refractivity contribution in [2.45, 2.75) is 6.42 Å². The number of hydrogen-bond acceptors (Lipinski definition) is 0. The largest absolute Gasteiger partial charge is 0.501 e. The molecule has 0 amide bonds. The molecule has 0 bridgehead atoms. The molecule has 0 nitrogen and oxygen atoms in total. The third-order valence-corrected chi connectivity index (χ3v) is 3.75. The Kier molecular flexibility index (Phi) is 1.35. The lowest BCUT2D eigenvalue weighted by Gasteiger charge is -1.59. The van der Waals surface area contributed by atoms with Crippen LogP contribution in [0.1, 0.15) is 6.42 Å². The van der Waals surface area contributed by atoms with E-state index in [1.54, 1.807) is 3.70 Å². The van der Waals surface area contributed by atoms with Crippen LogP contribution in [0.4, 0.5) is 0 Å². The summed E-state index contributed by atoms with van der Waals surface area (Å²) < 4.78 is 1.69. The van der Waals surface area contributed by atoms with E-state index in [-0.39, 0.29) is 18.2 Å². The van der Waals surface area contributed by atoms with Crippen molar-refractivity contribution in [3.63, 3.8) is 0 Å². The van der Waals surface area contributed by atoms with Crippen molar-refractivity contribution in [3.05, 3.63) is 9.78 Å². The van der Waals surface area contributed by atoms with Crippen LogP contribution in [0.3, 0.4) is 0 Å². The molecule has 0 aromatic heterocycles. The molecule has 2 heteroatoms. The average molecular weight is 143 g/mol. The summed E-state index contributed by atoms with van der Waals surface area (Å²) in [5.41, 5.74) is 0. The Morgan fingerprint density at radius 2 is 2.60 bits per heavy atom. The van der Waals surface area contributed by atoms with E-state index in [2.05, 4.69) is 19.0 Å². The van der Waals surface area contributed by atoms with Gasteiger partial charge in [0.15, 0.2) is 0 Å². The topological polar surface area (TPSA) is 0 Å². The fraction of sp³-hybridized carbons (Fsp3) is 0.333. The van der Waals surface area contributed by atoms with Crippen molar-refractivity contribution < 1.29 is 0 Å². The number of rotatable bonds is 1. The first-order valence-electron chi connectivity index (χ1n) is 1.67. The van der Waals surface area contributed by atoms with Gasteiger partial charge in [0.05, 0.1) is 0 Å². The average Bonchev–Trinajstić information content (AvgIpc) is 2.12. The van der Waals surface area contributed by atoms with Crippen LogP contribution in [-0.2, 0) is 0 Å². The summed E-state index contributed by atoms with van der Waals surface area (Å²) in [6, 6.07) is 0. The van der Waals surface area contributed by atoms with Crippen LogP contribution >= 0.6 is 12.9 Å². The number of hydrogen-bond donors (Lipinski definition) is 0. The predicted octanol–water partition coefficient (Wildman–Crippen LogP) is 1.29. The van der Waals surface area contributed by atoms with Crippen molar-refractivity contribution in [2.24, 2.45) is 0 Å². The predicted molar refractivity (Wildman–Crippen MR) is 27.4 cm³/mol. The Morgan fingerprint density at radius 1 is 2.00 bits per heavy atom. The highest BCUT2D eigenvalue weighted by Gasteiger charge is 2.05. The van der Waals surface area contributed by atoms with Gasteiger partial charge < -0.3 is 0 Å². The molecule has 0 saturated heterocycles. The van der Waals surface area contributed by atoms with E-state index in [0.29, 0.717) is 0 Å². The standard InChI is InChI=1S/C3H3.BrH.Mg/c1-2-3-1;;/h1H,2H2;1H;/q;;+1/p-1. The summed E-state index contributed by atoms with van der Waals surface area (Å²) in [5, 5.41) is 0. The first kappa shape index (κ1) is 4.15. The lowest BCUT2D eigenvalue weighted by Crippen LogP contribution is -1.62. The van der Waals surface area contributed by atoms with Crippen LogP contribution in [0.5, 0.6) is 0 Å². The molecule has 1 aliphatic carbocycles. The fourth-order valence-electron chi connectivity index (χ4n) is 0.181. The lowest BCUT2D eigenvalue weighted by molar-refractivity contribution is 1.67. The molecule has 0 N–H and O–H groups in total. The van der Waals surface area contributed by atoms with E-state index in [0.717, 1.165) is 0 Å². The molecule has 0 unspecified atom stereocenters. The highest BCUT2D eigenvalue weighted by atomic mass is 79.9. The van der Waals surface area contributed by atoms with Crippen molar-refractivity contribution in [1.29, 1.82) is 0 Å². The van der Waals surface area contributed by atoms with Gasteiger partial charge in [0.2, 0.25) is 0 Å². The van der Waals surface area contributed by atoms with Gasteiger partial charge in [-0.2, -0.15) is 3.70 Å². The zero-order chi connectivity index (χ0) is 3.70. The Labute approximate surface area is 47.2 Å². The quantitative estimate of drug-likeness (QED) is 0.485. The summed E-state index contributed by atoms with van der Waals surface area (Å²) in [5.74, 6) is 0. The SMILES string of the molecule is [Br][Mg][C]1=CC1. The van der Waals surface area contributed by atoms with E-state index in [9.17, 15) is 0 Å². The van der Waals surface area contributed by atoms with E-state index < -0.39 is 0 Å². The van der Waals surface area contributed by atoms with Gasteiger partial charge in [0, 0.05) is 0 Å². The van der Waals surface area contributed by atoms with Gasteiger partial charge >= 0.3 is 18.2 Å². The maximum Gasteiger partial charge on any atom is 0.501 e. The number of halogens is 1. The van der Waals surface area contributed by atoms with Crippen LogP contribution < -0.4 is 0 Å². The van der Waals surface area contributed by atoms with Gasteiger partial charge in [-0.3, -0.25) is 12.9 Å². The molecule has 0 spiro atoms. The molecule has 0 atom stereocenters. The zero-order valence-corrected chi connectivity index (χ0v) is 5.87. The monoisotopic (exact) mass is 142 g/mol. The van der Waals surface area contributed by atoms with Gasteiger partial charge in [-0.25, -0.2) is 0 Å². The summed E-state index contributed by atoms with van der Waals surface area (Å²) >= 11 is 3.58. The molecular weight excluding hydrogens is 140 g/mol. The highest BCUT2D eigenvalue weighted by Crippen LogP contribution is 2.17. The summed E-state index contributed by atoms with van der Waals surface area (Å²) in [6.45, 7) is 0. The Balaban J connectivity index is 2.22. The molecule has 24 valence electrons. The highest BCUT2D eigenvalue weighted by molar-refractivity contribution is 9.23. The minimum atomic E-state index is 0.133. The zero-order valence-electron chi connectivity index (χ0n) is 2.87. The van der Waals surface area contributed by atoms with Crippen molar-refractivity contribution in [3.8, 4) is 0 Å². The third kappa shape index (κ3) is 1.24. The Bertz CT molecular complexity index is 67.3. The van der Waals surface area contributed by atoms with E-state index >= 15 is 0 Å². The van der Waals surface area contributed by atoms with E-state index in [1.165, 1.54) is 6.42 Å². The van der Waals surface area contributed by atoms with Crippen LogP contribution in [0.2, 0.25) is 0 Å². The normalized spacial score (nSPS) is 16.6. The maximum absolute atomic E-state index is 3.45. The first-order chi connectivity index (χ1) is 2.43. The van der Waals surface area contributed by atoms with Crippen molar-refractivity contribution in [2.75, 3.05) is 0 Å². The molecule has 0 aromatic rings. The second kappa shape index (κ2) is 1.62. The minimum Gasteiger partial charge on any atom is -0.297 e. The molecule has 0 heterocycles. The van der Waals surface area contributed by atoms with Gasteiger partial charge in [0.25, 0.3) is 0 Å². The summed E-state index contributed by atoms with van der Waals surface area (Å²) in [6.07, 6.45) is 3.60. The molecule has 5 heavy (non-hydrogen) atoms. The second-order valence-corrected chi connectivity index (χ2v) is 4.06. The molecular formula is C3H3BrMg. The van der Waals surface area contributed by atoms with Crippen molar-refractivity contribution in [1.82, 2.24) is 0 Å². The molecule has 0 aromatic carbocycles. The second-order valence-electron chi connectivity index (χ2n) is 1.20. The van der Waals surface area contributed by atoms with Crippen LogP contribution in [0.25, 0.3) is 0 Å². The molecule has 0 aliphatic heterocycles. The van der Waals surface area contributed by atoms with Gasteiger partial charge in [-0.1, -0.05) is 0 Å². The fourth-order valence-corrected chi connectivity index (χ4v) is 1.92. The van der Waals surface area contributed by atoms with Gasteiger partial charge in [0.1, 0.15) is 0 Å². The van der Waals surface area contributed by atoms with Crippen molar-refractivity contribution >= 4 is 31.1 Å². The van der Waals surface area contributed by atoms with Crippen LogP contribution in [0, 0.1) is 0 Å². The third-order valence-electron chi connectivity index (χ3n) is 0.664. The Hall–Kier alpha value is 0.986. The smallest absolute Gasteiger partial charge is 0.297 e. The first-order valence-corrected chi connectivity index (χ1v) is 6.28. The van der Waals surface area contributed by atoms with Crippen LogP contribution in [-0.4, -0.2) is 18.2 Å². The maximum atomic E-state index is 3.45.